The van der Waals surface area contributed by atoms with Gasteiger partial charge in [-0.1, -0.05) is 25.4 Å². The molecule has 1 heterocycles. The van der Waals surface area contributed by atoms with Gasteiger partial charge in [-0.2, -0.15) is 0 Å². The molecule has 0 radical (unpaired) electrons. The fourth-order valence-electron chi connectivity index (χ4n) is 4.93. The summed E-state index contributed by atoms with van der Waals surface area (Å²) in [6.07, 6.45) is 3.86. The fourth-order valence-corrected chi connectivity index (χ4v) is 5.31. The first kappa shape index (κ1) is 12.7. The van der Waals surface area contributed by atoms with Crippen molar-refractivity contribution in [2.75, 3.05) is 0 Å². The minimum atomic E-state index is -0.330. The number of hydrogen-bond acceptors (Lipinski definition) is 2. The molecule has 3 fully saturated rings. The van der Waals surface area contributed by atoms with Gasteiger partial charge in [0.2, 0.25) is 0 Å². The van der Waals surface area contributed by atoms with E-state index in [1.807, 2.05) is 13.8 Å². The van der Waals surface area contributed by atoms with Gasteiger partial charge in [-0.15, -0.1) is 0 Å². The second-order valence-electron chi connectivity index (χ2n) is 6.97. The highest BCUT2D eigenvalue weighted by atomic mass is 35.5. The quantitative estimate of drug-likeness (QED) is 0.852. The smallest absolute Gasteiger partial charge is 0.297 e. The number of aromatic amines is 1. The zero-order chi connectivity index (χ0) is 14.2. The number of fused-ring (bicyclic) bond motifs is 5. The highest BCUT2D eigenvalue weighted by Gasteiger charge is 2.66. The number of H-pyrrole nitrogens is 1. The maximum absolute atomic E-state index is 12.7. The monoisotopic (exact) mass is 294 g/mol. The summed E-state index contributed by atoms with van der Waals surface area (Å²) in [7, 11) is 0. The molecule has 4 atom stereocenters. The van der Waals surface area contributed by atoms with Gasteiger partial charge >= 0.3 is 5.69 Å². The summed E-state index contributed by atoms with van der Waals surface area (Å²) >= 11 is 6.05. The van der Waals surface area contributed by atoms with E-state index < -0.39 is 0 Å². The van der Waals surface area contributed by atoms with Crippen LogP contribution in [0.1, 0.15) is 50.6 Å². The van der Waals surface area contributed by atoms with Crippen LogP contribution in [0, 0.1) is 23.7 Å². The number of hydrogen-bond donors (Lipinski definition) is 1. The van der Waals surface area contributed by atoms with Crippen molar-refractivity contribution in [3.8, 4) is 0 Å². The SMILES string of the molecule is CC(C)c1c(Cl)[nH]c(=O)n(C2C3C4CCC(C4)C32)c1=O. The van der Waals surface area contributed by atoms with E-state index in [1.54, 1.807) is 0 Å². The van der Waals surface area contributed by atoms with Crippen LogP contribution in [0.5, 0.6) is 0 Å². The van der Waals surface area contributed by atoms with E-state index in [-0.39, 0.29) is 28.4 Å². The van der Waals surface area contributed by atoms with Gasteiger partial charge in [-0.05, 0) is 48.9 Å². The first-order chi connectivity index (χ1) is 9.50. The Morgan fingerprint density at radius 2 is 1.80 bits per heavy atom. The van der Waals surface area contributed by atoms with Crippen LogP contribution in [-0.2, 0) is 0 Å². The van der Waals surface area contributed by atoms with E-state index in [4.69, 9.17) is 11.6 Å². The lowest BCUT2D eigenvalue weighted by Crippen LogP contribution is -2.38. The molecule has 0 aromatic carbocycles. The second-order valence-corrected chi connectivity index (χ2v) is 7.34. The number of rotatable bonds is 2. The standard InChI is InChI=1S/C15H19ClN2O2/c1-6(2)9-13(16)17-15(20)18(14(9)19)12-10-7-3-4-8(5-7)11(10)12/h6-8,10-12H,3-5H2,1-2H3,(H,17,20). The lowest BCUT2D eigenvalue weighted by molar-refractivity contribution is 0.435. The summed E-state index contributed by atoms with van der Waals surface area (Å²) in [6.45, 7) is 3.87. The molecule has 3 aliphatic rings. The maximum atomic E-state index is 12.7. The average Bonchev–Trinajstić information content (AvgIpc) is 2.78. The Morgan fingerprint density at radius 3 is 2.35 bits per heavy atom. The van der Waals surface area contributed by atoms with Crippen molar-refractivity contribution < 1.29 is 0 Å². The van der Waals surface area contributed by atoms with Crippen molar-refractivity contribution in [2.45, 2.75) is 45.1 Å². The Labute approximate surface area is 122 Å². The summed E-state index contributed by atoms with van der Waals surface area (Å²) in [5.41, 5.74) is 0.0411. The predicted octanol–water partition coefficient (Wildman–Crippen LogP) is 2.53. The summed E-state index contributed by atoms with van der Waals surface area (Å²) in [4.78, 5) is 27.5. The molecule has 5 heteroatoms. The largest absolute Gasteiger partial charge is 0.329 e. The molecule has 4 nitrogen and oxygen atoms in total. The van der Waals surface area contributed by atoms with Gasteiger partial charge in [-0.25, -0.2) is 4.79 Å². The van der Waals surface area contributed by atoms with Crippen LogP contribution in [0.25, 0.3) is 0 Å². The van der Waals surface area contributed by atoms with Crippen LogP contribution in [0.3, 0.4) is 0 Å². The molecule has 2 bridgehead atoms. The third kappa shape index (κ3) is 1.49. The highest BCUT2D eigenvalue weighted by Crippen LogP contribution is 2.70. The van der Waals surface area contributed by atoms with Crippen LogP contribution in [0.4, 0.5) is 0 Å². The molecular weight excluding hydrogens is 276 g/mol. The Hall–Kier alpha value is -1.03. The molecule has 108 valence electrons. The lowest BCUT2D eigenvalue weighted by atomic mass is 10.0. The molecule has 3 saturated carbocycles. The van der Waals surface area contributed by atoms with E-state index in [1.165, 1.54) is 23.8 Å². The summed E-state index contributed by atoms with van der Waals surface area (Å²) in [5.74, 6) is 2.62. The van der Waals surface area contributed by atoms with Gasteiger partial charge in [0.1, 0.15) is 5.15 Å². The second kappa shape index (κ2) is 4.00. The number of aromatic nitrogens is 2. The van der Waals surface area contributed by atoms with E-state index >= 15 is 0 Å². The summed E-state index contributed by atoms with van der Waals surface area (Å²) < 4.78 is 1.47. The van der Waals surface area contributed by atoms with Crippen LogP contribution in [0.2, 0.25) is 5.15 Å². The Morgan fingerprint density at radius 1 is 1.20 bits per heavy atom. The molecule has 3 aliphatic carbocycles. The fraction of sp³-hybridized carbons (Fsp3) is 0.733. The van der Waals surface area contributed by atoms with Crippen LogP contribution >= 0.6 is 11.6 Å². The van der Waals surface area contributed by atoms with Gasteiger partial charge in [0.05, 0.1) is 5.56 Å². The minimum Gasteiger partial charge on any atom is -0.297 e. The minimum absolute atomic E-state index is 0.0217. The molecule has 4 rings (SSSR count). The van der Waals surface area contributed by atoms with Crippen LogP contribution in [0.15, 0.2) is 9.59 Å². The first-order valence-electron chi connectivity index (χ1n) is 7.55. The number of halogens is 1. The maximum Gasteiger partial charge on any atom is 0.329 e. The molecule has 1 aromatic rings. The molecule has 20 heavy (non-hydrogen) atoms. The van der Waals surface area contributed by atoms with Crippen molar-refractivity contribution in [3.63, 3.8) is 0 Å². The molecule has 0 saturated heterocycles. The molecular formula is C15H19ClN2O2. The van der Waals surface area contributed by atoms with Crippen molar-refractivity contribution in [2.24, 2.45) is 23.7 Å². The summed E-state index contributed by atoms with van der Waals surface area (Å²) in [5, 5.41) is 0.208. The van der Waals surface area contributed by atoms with Crippen LogP contribution in [-0.4, -0.2) is 9.55 Å². The average molecular weight is 295 g/mol. The predicted molar refractivity (Wildman–Crippen MR) is 77.3 cm³/mol. The number of nitrogens with zero attached hydrogens (tertiary/aromatic N) is 1. The third-order valence-corrected chi connectivity index (χ3v) is 5.99. The van der Waals surface area contributed by atoms with Crippen LogP contribution < -0.4 is 11.2 Å². The molecule has 1 aromatic heterocycles. The van der Waals surface area contributed by atoms with Gasteiger partial charge in [0.25, 0.3) is 5.56 Å². The molecule has 0 spiro atoms. The van der Waals surface area contributed by atoms with E-state index in [2.05, 4.69) is 4.98 Å². The first-order valence-corrected chi connectivity index (χ1v) is 7.92. The zero-order valence-corrected chi connectivity index (χ0v) is 12.5. The Balaban J connectivity index is 1.83. The van der Waals surface area contributed by atoms with Gasteiger partial charge in [-0.3, -0.25) is 14.3 Å². The summed E-state index contributed by atoms with van der Waals surface area (Å²) in [6, 6.07) is 0.132. The van der Waals surface area contributed by atoms with E-state index in [0.29, 0.717) is 17.4 Å². The van der Waals surface area contributed by atoms with Gasteiger partial charge < -0.3 is 0 Å². The van der Waals surface area contributed by atoms with E-state index in [9.17, 15) is 9.59 Å². The number of nitrogens with one attached hydrogen (secondary N) is 1. The zero-order valence-electron chi connectivity index (χ0n) is 11.7. The molecule has 0 aliphatic heterocycles. The molecule has 4 unspecified atom stereocenters. The lowest BCUT2D eigenvalue weighted by Gasteiger charge is -2.14. The Kier molecular flexibility index (Phi) is 2.54. The van der Waals surface area contributed by atoms with Gasteiger partial charge in [0.15, 0.2) is 0 Å². The topological polar surface area (TPSA) is 54.9 Å². The van der Waals surface area contributed by atoms with Crippen molar-refractivity contribution >= 4 is 11.6 Å². The van der Waals surface area contributed by atoms with Crippen molar-refractivity contribution in [1.29, 1.82) is 0 Å². The van der Waals surface area contributed by atoms with Gasteiger partial charge in [0, 0.05) is 6.04 Å². The third-order valence-electron chi connectivity index (χ3n) is 5.69. The molecule has 1 N–H and O–H groups in total. The van der Waals surface area contributed by atoms with Crippen molar-refractivity contribution in [3.05, 3.63) is 31.6 Å². The normalized spacial score (nSPS) is 37.5. The van der Waals surface area contributed by atoms with Crippen molar-refractivity contribution in [1.82, 2.24) is 9.55 Å². The molecule has 0 amide bonds. The Bertz CT molecular complexity index is 674. The van der Waals surface area contributed by atoms with E-state index in [0.717, 1.165) is 11.8 Å². The highest BCUT2D eigenvalue weighted by molar-refractivity contribution is 6.30.